The molecule has 3 aromatic rings. The predicted octanol–water partition coefficient (Wildman–Crippen LogP) is 4.45. The lowest BCUT2D eigenvalue weighted by Crippen LogP contribution is -2.33. The molecule has 0 aliphatic carbocycles. The van der Waals surface area contributed by atoms with Crippen LogP contribution < -0.4 is 0 Å². The van der Waals surface area contributed by atoms with Crippen LogP contribution in [0.15, 0.2) is 72.8 Å². The lowest BCUT2D eigenvalue weighted by molar-refractivity contribution is -0.159. The van der Waals surface area contributed by atoms with E-state index in [4.69, 9.17) is 19.8 Å². The number of carbonyl (C=O) groups is 2. The fourth-order valence-corrected chi connectivity index (χ4v) is 3.97. The SMILES string of the molecule is O=C(O)C(=O)O.c1ccc(CC2CCN(Cc3cccc4ccccc34)CC2)cc1. The summed E-state index contributed by atoms with van der Waals surface area (Å²) in [4.78, 5) is 20.8. The summed E-state index contributed by atoms with van der Waals surface area (Å²) in [5.41, 5.74) is 2.96. The molecule has 5 heteroatoms. The van der Waals surface area contributed by atoms with Gasteiger partial charge in [-0.3, -0.25) is 4.90 Å². The average Bonchev–Trinajstić information content (AvgIpc) is 2.76. The monoisotopic (exact) mass is 405 g/mol. The molecule has 1 aliphatic rings. The van der Waals surface area contributed by atoms with Crippen molar-refractivity contribution in [3.63, 3.8) is 0 Å². The van der Waals surface area contributed by atoms with Crippen LogP contribution in [0.1, 0.15) is 24.0 Å². The Labute approximate surface area is 176 Å². The van der Waals surface area contributed by atoms with E-state index in [2.05, 4.69) is 77.7 Å². The highest BCUT2D eigenvalue weighted by Crippen LogP contribution is 2.25. The molecule has 1 fully saturated rings. The Morgan fingerprint density at radius 2 is 1.40 bits per heavy atom. The minimum Gasteiger partial charge on any atom is -0.473 e. The number of nitrogens with zero attached hydrogens (tertiary/aromatic N) is 1. The van der Waals surface area contributed by atoms with Crippen molar-refractivity contribution in [3.8, 4) is 0 Å². The standard InChI is InChI=1S/C23H25N.C2H2O4/c1-2-7-19(8-3-1)17-20-13-15-24(16-14-20)18-22-11-6-10-21-9-4-5-12-23(21)22;3-1(4)2(5)6/h1-12,20H,13-18H2;(H,3,4)(H,5,6). The maximum absolute atomic E-state index is 9.10. The molecule has 0 amide bonds. The molecule has 1 saturated heterocycles. The molecule has 2 N–H and O–H groups in total. The fraction of sp³-hybridized carbons (Fsp3) is 0.280. The van der Waals surface area contributed by atoms with E-state index >= 15 is 0 Å². The molecule has 0 atom stereocenters. The predicted molar refractivity (Wildman–Crippen MR) is 117 cm³/mol. The maximum Gasteiger partial charge on any atom is 0.414 e. The topological polar surface area (TPSA) is 77.8 Å². The number of fused-ring (bicyclic) bond motifs is 1. The first kappa shape index (κ1) is 21.5. The van der Waals surface area contributed by atoms with Crippen LogP contribution in [0.5, 0.6) is 0 Å². The van der Waals surface area contributed by atoms with Gasteiger partial charge in [-0.05, 0) is 60.2 Å². The molecule has 1 aliphatic heterocycles. The largest absolute Gasteiger partial charge is 0.473 e. The molecule has 4 rings (SSSR count). The van der Waals surface area contributed by atoms with Gasteiger partial charge in [-0.15, -0.1) is 0 Å². The first-order valence-electron chi connectivity index (χ1n) is 10.2. The quantitative estimate of drug-likeness (QED) is 0.627. The van der Waals surface area contributed by atoms with Crippen molar-refractivity contribution < 1.29 is 19.8 Å². The van der Waals surface area contributed by atoms with Gasteiger partial charge in [0, 0.05) is 6.54 Å². The smallest absolute Gasteiger partial charge is 0.414 e. The van der Waals surface area contributed by atoms with E-state index in [9.17, 15) is 0 Å². The van der Waals surface area contributed by atoms with E-state index in [1.807, 2.05) is 0 Å². The first-order valence-corrected chi connectivity index (χ1v) is 10.2. The fourth-order valence-electron chi connectivity index (χ4n) is 3.97. The number of aliphatic carboxylic acids is 2. The third-order valence-corrected chi connectivity index (χ3v) is 5.53. The normalized spacial score (nSPS) is 14.7. The summed E-state index contributed by atoms with van der Waals surface area (Å²) in [6.07, 6.45) is 3.88. The number of carboxylic acid groups (broad SMARTS) is 2. The molecule has 0 unspecified atom stereocenters. The van der Waals surface area contributed by atoms with Gasteiger partial charge in [0.15, 0.2) is 0 Å². The Balaban J connectivity index is 0.000000377. The molecule has 5 nitrogen and oxygen atoms in total. The molecule has 30 heavy (non-hydrogen) atoms. The van der Waals surface area contributed by atoms with Crippen LogP contribution in [0.3, 0.4) is 0 Å². The second kappa shape index (κ2) is 10.6. The Morgan fingerprint density at radius 3 is 2.07 bits per heavy atom. The lowest BCUT2D eigenvalue weighted by Gasteiger charge is -2.32. The van der Waals surface area contributed by atoms with E-state index < -0.39 is 11.9 Å². The van der Waals surface area contributed by atoms with Gasteiger partial charge in [0.2, 0.25) is 0 Å². The van der Waals surface area contributed by atoms with Gasteiger partial charge in [0.1, 0.15) is 0 Å². The van der Waals surface area contributed by atoms with Gasteiger partial charge in [-0.25, -0.2) is 9.59 Å². The number of benzene rings is 3. The minimum absolute atomic E-state index is 0.844. The summed E-state index contributed by atoms with van der Waals surface area (Å²) in [6.45, 7) is 3.53. The van der Waals surface area contributed by atoms with Crippen molar-refractivity contribution in [2.45, 2.75) is 25.8 Å². The van der Waals surface area contributed by atoms with E-state index in [1.165, 1.54) is 54.3 Å². The highest BCUT2D eigenvalue weighted by molar-refractivity contribution is 6.27. The summed E-state index contributed by atoms with van der Waals surface area (Å²) in [5.74, 6) is -2.80. The zero-order valence-electron chi connectivity index (χ0n) is 16.9. The summed E-state index contributed by atoms with van der Waals surface area (Å²) in [5, 5.41) is 17.5. The summed E-state index contributed by atoms with van der Waals surface area (Å²) in [7, 11) is 0. The zero-order chi connectivity index (χ0) is 21.3. The number of piperidine rings is 1. The van der Waals surface area contributed by atoms with E-state index in [1.54, 1.807) is 0 Å². The van der Waals surface area contributed by atoms with Crippen molar-refractivity contribution in [1.29, 1.82) is 0 Å². The van der Waals surface area contributed by atoms with Gasteiger partial charge in [0.25, 0.3) is 0 Å². The summed E-state index contributed by atoms with van der Waals surface area (Å²) < 4.78 is 0. The average molecular weight is 405 g/mol. The van der Waals surface area contributed by atoms with E-state index in [0.717, 1.165) is 12.5 Å². The van der Waals surface area contributed by atoms with Gasteiger partial charge in [-0.2, -0.15) is 0 Å². The lowest BCUT2D eigenvalue weighted by atomic mass is 9.90. The first-order chi connectivity index (χ1) is 14.5. The molecule has 3 aromatic carbocycles. The Bertz CT molecular complexity index is 961. The Morgan fingerprint density at radius 1 is 0.800 bits per heavy atom. The van der Waals surface area contributed by atoms with Gasteiger partial charge < -0.3 is 10.2 Å². The molecule has 0 bridgehead atoms. The van der Waals surface area contributed by atoms with E-state index in [-0.39, 0.29) is 0 Å². The third-order valence-electron chi connectivity index (χ3n) is 5.53. The van der Waals surface area contributed by atoms with Crippen LogP contribution in [0.2, 0.25) is 0 Å². The number of hydrogen-bond donors (Lipinski definition) is 2. The molecular weight excluding hydrogens is 378 g/mol. The van der Waals surface area contributed by atoms with Crippen molar-refractivity contribution >= 4 is 22.7 Å². The highest BCUT2D eigenvalue weighted by atomic mass is 16.4. The molecule has 156 valence electrons. The number of carboxylic acids is 2. The van der Waals surface area contributed by atoms with Crippen LogP contribution in [0.4, 0.5) is 0 Å². The number of likely N-dealkylation sites (tertiary alicyclic amines) is 1. The number of hydrogen-bond acceptors (Lipinski definition) is 3. The maximum atomic E-state index is 9.10. The van der Waals surface area contributed by atoms with E-state index in [0.29, 0.717) is 0 Å². The molecule has 0 spiro atoms. The molecule has 1 heterocycles. The Hall–Kier alpha value is -3.18. The van der Waals surface area contributed by atoms with Crippen molar-refractivity contribution in [2.24, 2.45) is 5.92 Å². The molecular formula is C25H27NO4. The molecule has 0 aromatic heterocycles. The van der Waals surface area contributed by atoms with Crippen LogP contribution in [0.25, 0.3) is 10.8 Å². The van der Waals surface area contributed by atoms with Crippen molar-refractivity contribution in [2.75, 3.05) is 13.1 Å². The minimum atomic E-state index is -1.82. The van der Waals surface area contributed by atoms with Crippen molar-refractivity contribution in [1.82, 2.24) is 4.90 Å². The number of rotatable bonds is 4. The van der Waals surface area contributed by atoms with Gasteiger partial charge >= 0.3 is 11.9 Å². The van der Waals surface area contributed by atoms with Gasteiger partial charge in [0.05, 0.1) is 0 Å². The summed E-state index contributed by atoms with van der Waals surface area (Å²) in [6, 6.07) is 26.4. The molecule has 0 saturated carbocycles. The van der Waals surface area contributed by atoms with Crippen LogP contribution in [-0.2, 0) is 22.6 Å². The second-order valence-electron chi connectivity index (χ2n) is 7.66. The Kier molecular flexibility index (Phi) is 7.57. The summed E-state index contributed by atoms with van der Waals surface area (Å²) >= 11 is 0. The van der Waals surface area contributed by atoms with Gasteiger partial charge in [-0.1, -0.05) is 72.8 Å². The van der Waals surface area contributed by atoms with Crippen LogP contribution in [-0.4, -0.2) is 40.1 Å². The van der Waals surface area contributed by atoms with Crippen LogP contribution in [0, 0.1) is 5.92 Å². The van der Waals surface area contributed by atoms with Crippen molar-refractivity contribution in [3.05, 3.63) is 83.9 Å². The second-order valence-corrected chi connectivity index (χ2v) is 7.66. The van der Waals surface area contributed by atoms with Crippen LogP contribution >= 0.6 is 0 Å². The highest BCUT2D eigenvalue weighted by Gasteiger charge is 2.19. The molecule has 0 radical (unpaired) electrons. The third kappa shape index (κ3) is 6.16. The zero-order valence-corrected chi connectivity index (χ0v) is 16.9.